The number of carbonyl (C=O) groups is 1. The van der Waals surface area contributed by atoms with Crippen molar-refractivity contribution in [2.75, 3.05) is 0 Å². The molecule has 0 unspecified atom stereocenters. The number of nitrogens with one attached hydrogen (secondary N) is 2. The molecule has 0 spiro atoms. The molecular formula is C8H8N4O. The van der Waals surface area contributed by atoms with Gasteiger partial charge in [-0.2, -0.15) is 0 Å². The molecule has 0 atom stereocenters. The molecule has 5 heteroatoms. The third-order valence-corrected chi connectivity index (χ3v) is 1.76. The summed E-state index contributed by atoms with van der Waals surface area (Å²) in [5, 5.41) is 0. The number of aromatic amines is 2. The highest BCUT2D eigenvalue weighted by Crippen LogP contribution is 2.11. The number of hydrogen-bond donors (Lipinski definition) is 2. The first-order valence-electron chi connectivity index (χ1n) is 3.83. The molecule has 0 aliphatic heterocycles. The van der Waals surface area contributed by atoms with Gasteiger partial charge in [-0.15, -0.1) is 0 Å². The highest BCUT2D eigenvalue weighted by Gasteiger charge is 2.08. The maximum Gasteiger partial charge on any atom is 0.174 e. The maximum absolute atomic E-state index is 10.5. The number of hydrogen-bond acceptors (Lipinski definition) is 3. The van der Waals surface area contributed by atoms with E-state index in [-0.39, 0.29) is 0 Å². The lowest BCUT2D eigenvalue weighted by Gasteiger charge is -1.86. The van der Waals surface area contributed by atoms with Crippen molar-refractivity contribution in [3.8, 4) is 11.6 Å². The van der Waals surface area contributed by atoms with Crippen molar-refractivity contribution in [2.24, 2.45) is 0 Å². The number of carbonyl (C=O) groups excluding carboxylic acids is 1. The van der Waals surface area contributed by atoms with Gasteiger partial charge in [-0.05, 0) is 6.92 Å². The number of rotatable bonds is 2. The smallest absolute Gasteiger partial charge is 0.174 e. The fraction of sp³-hybridized carbons (Fsp3) is 0.125. The summed E-state index contributed by atoms with van der Waals surface area (Å²) >= 11 is 0. The van der Waals surface area contributed by atoms with E-state index in [4.69, 9.17) is 0 Å². The highest BCUT2D eigenvalue weighted by molar-refractivity contribution is 5.74. The Balaban J connectivity index is 2.48. The molecule has 0 aliphatic carbocycles. The fourth-order valence-corrected chi connectivity index (χ4v) is 1.10. The van der Waals surface area contributed by atoms with Crippen LogP contribution >= 0.6 is 0 Å². The average Bonchev–Trinajstić information content (AvgIpc) is 2.71. The molecule has 0 bridgehead atoms. The number of imidazole rings is 2. The minimum Gasteiger partial charge on any atom is -0.342 e. The molecule has 5 nitrogen and oxygen atoms in total. The first-order chi connectivity index (χ1) is 6.31. The fourth-order valence-electron chi connectivity index (χ4n) is 1.10. The Kier molecular flexibility index (Phi) is 1.70. The van der Waals surface area contributed by atoms with Crippen LogP contribution in [0.5, 0.6) is 0 Å². The van der Waals surface area contributed by atoms with E-state index in [1.807, 2.05) is 0 Å². The molecule has 0 amide bonds. The van der Waals surface area contributed by atoms with Crippen LogP contribution in [0.2, 0.25) is 0 Å². The third-order valence-electron chi connectivity index (χ3n) is 1.76. The van der Waals surface area contributed by atoms with Crippen LogP contribution in [-0.4, -0.2) is 26.2 Å². The van der Waals surface area contributed by atoms with Gasteiger partial charge < -0.3 is 9.97 Å². The minimum absolute atomic E-state index is 0.423. The number of nitrogens with zero attached hydrogens (tertiary/aromatic N) is 2. The molecule has 0 fully saturated rings. The second-order valence-corrected chi connectivity index (χ2v) is 2.65. The Morgan fingerprint density at radius 2 is 2.31 bits per heavy atom. The lowest BCUT2D eigenvalue weighted by Crippen LogP contribution is -1.83. The Bertz CT molecular complexity index is 415. The van der Waals surface area contributed by atoms with Gasteiger partial charge in [-0.3, -0.25) is 4.79 Å². The zero-order chi connectivity index (χ0) is 9.26. The summed E-state index contributed by atoms with van der Waals surface area (Å²) in [6, 6.07) is 0. The number of H-pyrrole nitrogens is 2. The van der Waals surface area contributed by atoms with E-state index in [1.54, 1.807) is 19.3 Å². The van der Waals surface area contributed by atoms with E-state index in [0.717, 1.165) is 12.0 Å². The molecule has 66 valence electrons. The molecule has 2 aromatic heterocycles. The van der Waals surface area contributed by atoms with Crippen LogP contribution in [0.15, 0.2) is 12.4 Å². The van der Waals surface area contributed by atoms with E-state index >= 15 is 0 Å². The topological polar surface area (TPSA) is 74.4 Å². The van der Waals surface area contributed by atoms with Gasteiger partial charge in [0.2, 0.25) is 0 Å². The van der Waals surface area contributed by atoms with Crippen molar-refractivity contribution in [3.05, 3.63) is 23.8 Å². The third kappa shape index (κ3) is 1.24. The Morgan fingerprint density at radius 1 is 1.46 bits per heavy atom. The second-order valence-electron chi connectivity index (χ2n) is 2.65. The van der Waals surface area contributed by atoms with Crippen LogP contribution in [0, 0.1) is 6.92 Å². The van der Waals surface area contributed by atoms with Gasteiger partial charge >= 0.3 is 0 Å². The minimum atomic E-state index is 0.423. The summed E-state index contributed by atoms with van der Waals surface area (Å²) in [5.41, 5.74) is 1.17. The summed E-state index contributed by atoms with van der Waals surface area (Å²) in [6.07, 6.45) is 4.06. The predicted octanol–water partition coefficient (Wildman–Crippen LogP) is 0.921. The van der Waals surface area contributed by atoms with Gasteiger partial charge in [-0.25, -0.2) is 9.97 Å². The molecule has 2 heterocycles. The van der Waals surface area contributed by atoms with E-state index in [0.29, 0.717) is 17.3 Å². The largest absolute Gasteiger partial charge is 0.342 e. The number of aldehydes is 1. The van der Waals surface area contributed by atoms with Crippen LogP contribution in [0.4, 0.5) is 0 Å². The van der Waals surface area contributed by atoms with Crippen molar-refractivity contribution in [1.29, 1.82) is 0 Å². The quantitative estimate of drug-likeness (QED) is 0.668. The van der Waals surface area contributed by atoms with Gasteiger partial charge in [-0.1, -0.05) is 0 Å². The molecule has 0 aliphatic rings. The first kappa shape index (κ1) is 7.72. The summed E-state index contributed by atoms with van der Waals surface area (Å²) in [4.78, 5) is 24.4. The summed E-state index contributed by atoms with van der Waals surface area (Å²) in [6.45, 7) is 1.79. The van der Waals surface area contributed by atoms with Crippen molar-refractivity contribution in [1.82, 2.24) is 19.9 Å². The highest BCUT2D eigenvalue weighted by atomic mass is 16.1. The predicted molar refractivity (Wildman–Crippen MR) is 46.3 cm³/mol. The molecule has 0 aromatic carbocycles. The van der Waals surface area contributed by atoms with Crippen LogP contribution in [0.1, 0.15) is 16.2 Å². The average molecular weight is 176 g/mol. The number of aromatic nitrogens is 4. The van der Waals surface area contributed by atoms with Crippen molar-refractivity contribution in [3.63, 3.8) is 0 Å². The van der Waals surface area contributed by atoms with Crippen LogP contribution in [0.25, 0.3) is 11.6 Å². The zero-order valence-corrected chi connectivity index (χ0v) is 7.03. The Labute approximate surface area is 74.2 Å². The molecular weight excluding hydrogens is 168 g/mol. The molecule has 0 radical (unpaired) electrons. The van der Waals surface area contributed by atoms with E-state index in [1.165, 1.54) is 0 Å². The molecule has 13 heavy (non-hydrogen) atoms. The van der Waals surface area contributed by atoms with Crippen LogP contribution < -0.4 is 0 Å². The summed E-state index contributed by atoms with van der Waals surface area (Å²) in [7, 11) is 0. The SMILES string of the molecule is Cc1[nH]c(-c2ncc[nH]2)nc1C=O. The zero-order valence-electron chi connectivity index (χ0n) is 7.03. The molecule has 2 aromatic rings. The maximum atomic E-state index is 10.5. The van der Waals surface area contributed by atoms with Gasteiger partial charge in [0.1, 0.15) is 5.69 Å². The second kappa shape index (κ2) is 2.85. The molecule has 0 saturated heterocycles. The lowest BCUT2D eigenvalue weighted by atomic mass is 10.4. The summed E-state index contributed by atoms with van der Waals surface area (Å²) in [5.74, 6) is 1.22. The standard InChI is InChI=1S/C8H8N4O/c1-5-6(4-13)12-8(11-5)7-9-2-3-10-7/h2-4H,1H3,(H,9,10)(H,11,12). The first-order valence-corrected chi connectivity index (χ1v) is 3.83. The van der Waals surface area contributed by atoms with Crippen LogP contribution in [0.3, 0.4) is 0 Å². The molecule has 2 rings (SSSR count). The molecule has 0 saturated carbocycles. The van der Waals surface area contributed by atoms with Crippen LogP contribution in [-0.2, 0) is 0 Å². The Morgan fingerprint density at radius 3 is 2.85 bits per heavy atom. The number of aryl methyl sites for hydroxylation is 1. The normalized spacial score (nSPS) is 10.2. The monoisotopic (exact) mass is 176 g/mol. The van der Waals surface area contributed by atoms with E-state index < -0.39 is 0 Å². The Hall–Kier alpha value is -1.91. The lowest BCUT2D eigenvalue weighted by molar-refractivity contribution is 0.111. The van der Waals surface area contributed by atoms with Crippen molar-refractivity contribution in [2.45, 2.75) is 6.92 Å². The van der Waals surface area contributed by atoms with Crippen molar-refractivity contribution < 1.29 is 4.79 Å². The molecule has 2 N–H and O–H groups in total. The van der Waals surface area contributed by atoms with E-state index in [9.17, 15) is 4.79 Å². The van der Waals surface area contributed by atoms with Gasteiger partial charge in [0.15, 0.2) is 17.9 Å². The summed E-state index contributed by atoms with van der Waals surface area (Å²) < 4.78 is 0. The van der Waals surface area contributed by atoms with Gasteiger partial charge in [0.25, 0.3) is 0 Å². The van der Waals surface area contributed by atoms with Gasteiger partial charge in [0, 0.05) is 18.1 Å². The van der Waals surface area contributed by atoms with E-state index in [2.05, 4.69) is 19.9 Å². The van der Waals surface area contributed by atoms with Gasteiger partial charge in [0.05, 0.1) is 0 Å². The van der Waals surface area contributed by atoms with Crippen molar-refractivity contribution >= 4 is 6.29 Å².